The third kappa shape index (κ3) is 3.61. The summed E-state index contributed by atoms with van der Waals surface area (Å²) in [5.41, 5.74) is -0.610. The van der Waals surface area contributed by atoms with Crippen LogP contribution in [-0.2, 0) is 4.74 Å². The van der Waals surface area contributed by atoms with Crippen molar-refractivity contribution in [2.24, 2.45) is 0 Å². The van der Waals surface area contributed by atoms with Crippen molar-refractivity contribution in [1.29, 1.82) is 0 Å². The van der Waals surface area contributed by atoms with Crippen LogP contribution >= 0.6 is 0 Å². The molecule has 0 fully saturated rings. The largest absolute Gasteiger partial charge is 0.460 e. The lowest BCUT2D eigenvalue weighted by atomic mass is 10.1. The maximum atomic E-state index is 12.8. The molecule has 0 aliphatic carbocycles. The fourth-order valence-electron chi connectivity index (χ4n) is 1.15. The van der Waals surface area contributed by atoms with E-state index in [1.807, 2.05) is 0 Å². The molecule has 0 radical (unpaired) electrons. The minimum atomic E-state index is -6.51. The van der Waals surface area contributed by atoms with Gasteiger partial charge in [-0.15, -0.1) is 0 Å². The van der Waals surface area contributed by atoms with Gasteiger partial charge in [-0.3, -0.25) is 0 Å². The summed E-state index contributed by atoms with van der Waals surface area (Å²) in [6.45, 7) is -2.51. The van der Waals surface area contributed by atoms with E-state index in [0.29, 0.717) is 6.07 Å². The smallest absolute Gasteiger partial charge is 0.455 e. The monoisotopic (exact) mass is 322 g/mol. The average Bonchev–Trinajstić information content (AvgIpc) is 2.34. The van der Waals surface area contributed by atoms with Gasteiger partial charge >= 0.3 is 24.0 Å². The van der Waals surface area contributed by atoms with Gasteiger partial charge < -0.3 is 4.74 Å². The van der Waals surface area contributed by atoms with E-state index in [1.54, 1.807) is 0 Å². The minimum Gasteiger partial charge on any atom is -0.455 e. The zero-order valence-electron chi connectivity index (χ0n) is 9.86. The standard InChI is InChI=1S/C11H6F8O2/c12-7-3-1-2-6(4-7)8(20)21-5-9(13,14)10(15,16)11(17,18)19/h1-4H,5H2. The number of hydrogen-bond donors (Lipinski definition) is 0. The van der Waals surface area contributed by atoms with E-state index >= 15 is 0 Å². The zero-order chi connectivity index (χ0) is 16.5. The number of esters is 1. The van der Waals surface area contributed by atoms with Crippen molar-refractivity contribution < 1.29 is 44.7 Å². The molecule has 0 aromatic heterocycles. The summed E-state index contributed by atoms with van der Waals surface area (Å²) in [4.78, 5) is 11.2. The van der Waals surface area contributed by atoms with Gasteiger partial charge in [-0.1, -0.05) is 6.07 Å². The van der Waals surface area contributed by atoms with Crippen LogP contribution in [0.2, 0.25) is 0 Å². The van der Waals surface area contributed by atoms with Crippen LogP contribution in [0.25, 0.3) is 0 Å². The molecule has 0 saturated heterocycles. The van der Waals surface area contributed by atoms with E-state index in [4.69, 9.17) is 0 Å². The van der Waals surface area contributed by atoms with Gasteiger partial charge in [-0.25, -0.2) is 9.18 Å². The van der Waals surface area contributed by atoms with Crippen molar-refractivity contribution in [3.63, 3.8) is 0 Å². The second-order valence-corrected chi connectivity index (χ2v) is 3.86. The first-order valence-electron chi connectivity index (χ1n) is 5.13. The van der Waals surface area contributed by atoms with Crippen LogP contribution in [0.1, 0.15) is 10.4 Å². The molecule has 1 rings (SSSR count). The van der Waals surface area contributed by atoms with Crippen molar-refractivity contribution >= 4 is 5.97 Å². The molecular formula is C11H6F8O2. The third-order valence-electron chi connectivity index (χ3n) is 2.26. The van der Waals surface area contributed by atoms with E-state index < -0.39 is 42.0 Å². The zero-order valence-corrected chi connectivity index (χ0v) is 9.86. The van der Waals surface area contributed by atoms with Crippen molar-refractivity contribution in [3.8, 4) is 0 Å². The Labute approximate surface area is 112 Å². The fraction of sp³-hybridized carbons (Fsp3) is 0.364. The lowest BCUT2D eigenvalue weighted by molar-refractivity contribution is -0.359. The summed E-state index contributed by atoms with van der Waals surface area (Å²) in [7, 11) is 0. The lowest BCUT2D eigenvalue weighted by Crippen LogP contribution is -2.54. The Morgan fingerprint density at radius 1 is 1.05 bits per heavy atom. The first kappa shape index (κ1) is 17.2. The molecule has 0 aliphatic heterocycles. The molecule has 0 aliphatic rings. The Kier molecular flexibility index (Phi) is 4.49. The van der Waals surface area contributed by atoms with Gasteiger partial charge in [0.15, 0.2) is 6.61 Å². The predicted molar refractivity (Wildman–Crippen MR) is 52.6 cm³/mol. The maximum absolute atomic E-state index is 12.8. The van der Waals surface area contributed by atoms with E-state index in [0.717, 1.165) is 18.2 Å². The highest BCUT2D eigenvalue weighted by molar-refractivity contribution is 5.89. The van der Waals surface area contributed by atoms with Crippen LogP contribution in [0.5, 0.6) is 0 Å². The van der Waals surface area contributed by atoms with E-state index in [9.17, 15) is 39.9 Å². The molecule has 0 unspecified atom stereocenters. The Morgan fingerprint density at radius 2 is 1.62 bits per heavy atom. The summed E-state index contributed by atoms with van der Waals surface area (Å²) in [5, 5.41) is 0. The van der Waals surface area contributed by atoms with Crippen LogP contribution in [0.15, 0.2) is 24.3 Å². The SMILES string of the molecule is O=C(OCC(F)(F)C(F)(F)C(F)(F)F)c1cccc(F)c1. The number of rotatable bonds is 4. The molecule has 21 heavy (non-hydrogen) atoms. The Hall–Kier alpha value is -1.87. The number of ether oxygens (including phenoxy) is 1. The van der Waals surface area contributed by atoms with Crippen LogP contribution in [0, 0.1) is 5.82 Å². The van der Waals surface area contributed by atoms with Gasteiger partial charge in [0.05, 0.1) is 5.56 Å². The van der Waals surface area contributed by atoms with Crippen molar-refractivity contribution in [2.45, 2.75) is 18.0 Å². The maximum Gasteiger partial charge on any atom is 0.460 e. The Bertz CT molecular complexity index is 523. The van der Waals surface area contributed by atoms with Crippen LogP contribution in [0.3, 0.4) is 0 Å². The van der Waals surface area contributed by atoms with Crippen LogP contribution < -0.4 is 0 Å². The van der Waals surface area contributed by atoms with Gasteiger partial charge in [-0.2, -0.15) is 30.7 Å². The average molecular weight is 322 g/mol. The van der Waals surface area contributed by atoms with Gasteiger partial charge in [-0.05, 0) is 18.2 Å². The summed E-state index contributed by atoms with van der Waals surface area (Å²) < 4.78 is 103. The number of halogens is 8. The molecule has 0 atom stereocenters. The number of carbonyl (C=O) groups is 1. The quantitative estimate of drug-likeness (QED) is 0.622. The predicted octanol–water partition coefficient (Wildman–Crippen LogP) is 3.82. The molecule has 0 bridgehead atoms. The summed E-state index contributed by atoms with van der Waals surface area (Å²) in [6.07, 6.45) is -6.51. The first-order chi connectivity index (χ1) is 9.38. The minimum absolute atomic E-state index is 0.544. The highest BCUT2D eigenvalue weighted by Crippen LogP contribution is 2.46. The van der Waals surface area contributed by atoms with Crippen LogP contribution in [0.4, 0.5) is 35.1 Å². The number of benzene rings is 1. The van der Waals surface area contributed by atoms with Gasteiger partial charge in [0.25, 0.3) is 0 Å². The Morgan fingerprint density at radius 3 is 2.10 bits per heavy atom. The molecule has 0 N–H and O–H groups in total. The molecule has 1 aromatic rings. The molecule has 118 valence electrons. The second kappa shape index (κ2) is 5.49. The van der Waals surface area contributed by atoms with E-state index in [1.165, 1.54) is 0 Å². The van der Waals surface area contributed by atoms with E-state index in [-0.39, 0.29) is 0 Å². The summed E-state index contributed by atoms with van der Waals surface area (Å²) in [5.74, 6) is -14.6. The van der Waals surface area contributed by atoms with Crippen molar-refractivity contribution in [2.75, 3.05) is 6.61 Å². The molecule has 0 spiro atoms. The fourth-order valence-corrected chi connectivity index (χ4v) is 1.15. The Balaban J connectivity index is 2.80. The molecule has 0 heterocycles. The number of carbonyl (C=O) groups excluding carboxylic acids is 1. The summed E-state index contributed by atoms with van der Waals surface area (Å²) >= 11 is 0. The van der Waals surface area contributed by atoms with Gasteiger partial charge in [0.2, 0.25) is 0 Å². The summed E-state index contributed by atoms with van der Waals surface area (Å²) in [6, 6.07) is 3.34. The normalized spacial score (nSPS) is 13.1. The van der Waals surface area contributed by atoms with Crippen molar-refractivity contribution in [3.05, 3.63) is 35.6 Å². The van der Waals surface area contributed by atoms with Crippen molar-refractivity contribution in [1.82, 2.24) is 0 Å². The molecular weight excluding hydrogens is 316 g/mol. The number of alkyl halides is 7. The van der Waals surface area contributed by atoms with Gasteiger partial charge in [0.1, 0.15) is 5.82 Å². The first-order valence-corrected chi connectivity index (χ1v) is 5.13. The molecule has 1 aromatic carbocycles. The molecule has 10 heteroatoms. The molecule has 2 nitrogen and oxygen atoms in total. The topological polar surface area (TPSA) is 26.3 Å². The lowest BCUT2D eigenvalue weighted by Gasteiger charge is -2.27. The highest BCUT2D eigenvalue weighted by Gasteiger charge is 2.73. The third-order valence-corrected chi connectivity index (χ3v) is 2.26. The number of hydrogen-bond acceptors (Lipinski definition) is 2. The van der Waals surface area contributed by atoms with E-state index in [2.05, 4.69) is 4.74 Å². The van der Waals surface area contributed by atoms with Gasteiger partial charge in [0, 0.05) is 0 Å². The molecule has 0 amide bonds. The molecule has 0 saturated carbocycles. The second-order valence-electron chi connectivity index (χ2n) is 3.86. The highest BCUT2D eigenvalue weighted by atomic mass is 19.4. The van der Waals surface area contributed by atoms with Crippen LogP contribution in [-0.4, -0.2) is 30.6 Å².